The van der Waals surface area contributed by atoms with Crippen molar-refractivity contribution in [3.8, 4) is 0 Å². The van der Waals surface area contributed by atoms with Gasteiger partial charge in [-0.05, 0) is 12.8 Å². The lowest BCUT2D eigenvalue weighted by Gasteiger charge is -2.05. The van der Waals surface area contributed by atoms with Gasteiger partial charge in [-0.15, -0.1) is 0 Å². The molecule has 0 spiro atoms. The van der Waals surface area contributed by atoms with Crippen LogP contribution in [0.2, 0.25) is 2.82 Å². The summed E-state index contributed by atoms with van der Waals surface area (Å²) in [6, 6.07) is -1.85. The number of aliphatic carboxylic acids is 1. The van der Waals surface area contributed by atoms with Gasteiger partial charge in [0.25, 0.3) is 0 Å². The normalized spacial score (nSPS) is 14.8. The fourth-order valence-electron chi connectivity index (χ4n) is 0.630. The highest BCUT2D eigenvalue weighted by Gasteiger charge is 2.09. The minimum Gasteiger partial charge on any atom is -0.480 e. The molecule has 2 amide bonds. The Kier molecular flexibility index (Phi) is 3.29. The maximum Gasteiger partial charge on any atom is 0.320 e. The summed E-state index contributed by atoms with van der Waals surface area (Å²) in [5.74, 6) is -1.23. The molecule has 0 saturated heterocycles. The van der Waals surface area contributed by atoms with Crippen molar-refractivity contribution in [2.45, 2.75) is 18.9 Å². The average molecular weight is 177 g/mol. The molecule has 0 aromatic carbocycles. The number of carbonyl (C=O) groups is 2. The fraction of sp³-hybridized carbons (Fsp3) is 0.667. The minimum atomic E-state index is -1.23. The molecule has 6 N–H and O–H groups in total. The summed E-state index contributed by atoms with van der Waals surface area (Å²) in [4.78, 5) is 20.7. The molecule has 0 aromatic rings. The number of hydrogen-bond donors (Lipinski definition) is 4. The van der Waals surface area contributed by atoms with E-state index in [1.807, 2.05) is 0 Å². The van der Waals surface area contributed by atoms with Crippen LogP contribution < -0.4 is 16.8 Å². The minimum absolute atomic E-state index is 0.114. The van der Waals surface area contributed by atoms with E-state index in [9.17, 15) is 9.59 Å². The van der Waals surface area contributed by atoms with E-state index in [0.717, 1.165) is 0 Å². The predicted molar refractivity (Wildman–Crippen MR) is 42.4 cm³/mol. The Morgan fingerprint density at radius 2 is 2.33 bits per heavy atom. The first kappa shape index (κ1) is 7.35. The van der Waals surface area contributed by atoms with Crippen molar-refractivity contribution in [1.29, 1.82) is 0 Å². The molecule has 6 nitrogen and oxygen atoms in total. The van der Waals surface area contributed by atoms with Crippen molar-refractivity contribution < 1.29 is 17.5 Å². The van der Waals surface area contributed by atoms with Gasteiger partial charge >= 0.3 is 12.0 Å². The van der Waals surface area contributed by atoms with Gasteiger partial charge in [0.05, 0.1) is 0 Å². The Balaban J connectivity index is 3.73. The highest BCUT2D eigenvalue weighted by molar-refractivity contribution is 5.73. The Labute approximate surface area is 72.8 Å². The number of carboxylic acid groups (broad SMARTS) is 1. The van der Waals surface area contributed by atoms with Crippen LogP contribution in [0.25, 0.3) is 0 Å². The van der Waals surface area contributed by atoms with Gasteiger partial charge in [0.2, 0.25) is 0 Å². The number of hydrogen-bond acceptors (Lipinski definition) is 3. The second-order valence-corrected chi connectivity index (χ2v) is 2.29. The molecule has 0 aliphatic heterocycles. The summed E-state index contributed by atoms with van der Waals surface area (Å²) in [6.07, 6.45) is 0.469. The molecule has 6 heteroatoms. The van der Waals surface area contributed by atoms with Crippen LogP contribution >= 0.6 is 0 Å². The van der Waals surface area contributed by atoms with Gasteiger partial charge in [-0.2, -0.15) is 0 Å². The Bertz CT molecular complexity index is 212. The van der Waals surface area contributed by atoms with Gasteiger partial charge in [0.15, 0.2) is 0 Å². The van der Waals surface area contributed by atoms with Crippen LogP contribution in [-0.4, -0.2) is 29.7 Å². The summed E-state index contributed by atoms with van der Waals surface area (Å²) in [5, 5.41) is 10.8. The van der Waals surface area contributed by atoms with Crippen LogP contribution in [0, 0.1) is 0 Å². The molecule has 0 fully saturated rings. The summed E-state index contributed by atoms with van der Waals surface area (Å²) < 4.78 is 13.6. The topological polar surface area (TPSA) is 118 Å². The second kappa shape index (κ2) is 5.36. The molecule has 0 aliphatic carbocycles. The van der Waals surface area contributed by atoms with Crippen molar-refractivity contribution in [3.05, 3.63) is 0 Å². The molecule has 0 aromatic heterocycles. The lowest BCUT2D eigenvalue weighted by atomic mass is 10.2. The maximum atomic E-state index is 10.5. The first-order chi connectivity index (χ1) is 6.45. The quantitative estimate of drug-likeness (QED) is 0.383. The Hall–Kier alpha value is -1.30. The van der Waals surface area contributed by atoms with Crippen LogP contribution in [0.4, 0.5) is 4.79 Å². The third-order valence-corrected chi connectivity index (χ3v) is 1.24. The van der Waals surface area contributed by atoms with Gasteiger partial charge in [0, 0.05) is 6.54 Å². The number of carboxylic acids is 1. The molecule has 12 heavy (non-hydrogen) atoms. The lowest BCUT2D eigenvalue weighted by molar-refractivity contribution is -0.138. The number of nitrogens with one attached hydrogen (secondary N) is 1. The molecular formula is C6H13N3O3. The zero-order valence-electron chi connectivity index (χ0n) is 8.49. The summed E-state index contributed by atoms with van der Waals surface area (Å²) in [6.45, 7) is 0.243. The smallest absolute Gasteiger partial charge is 0.320 e. The third-order valence-electron chi connectivity index (χ3n) is 1.24. The van der Waals surface area contributed by atoms with Gasteiger partial charge in [0.1, 0.15) is 8.87 Å². The fourth-order valence-corrected chi connectivity index (χ4v) is 0.630. The van der Waals surface area contributed by atoms with Crippen molar-refractivity contribution in [2.75, 3.05) is 6.54 Å². The summed E-state index contributed by atoms with van der Waals surface area (Å²) in [7, 11) is 0. The second-order valence-electron chi connectivity index (χ2n) is 2.29. The van der Waals surface area contributed by atoms with Crippen LogP contribution in [0.3, 0.4) is 0 Å². The van der Waals surface area contributed by atoms with E-state index in [1.165, 1.54) is 0 Å². The van der Waals surface area contributed by atoms with Crippen molar-refractivity contribution in [3.63, 3.8) is 0 Å². The van der Waals surface area contributed by atoms with Gasteiger partial charge < -0.3 is 21.9 Å². The molecular weight excluding hydrogens is 162 g/mol. The van der Waals surface area contributed by atoms with E-state index in [4.69, 9.17) is 13.7 Å². The molecule has 0 heterocycles. The SMILES string of the molecule is [2H]N([2H])[C@@H](CCCNC(N)=O)C(=O)O. The van der Waals surface area contributed by atoms with E-state index in [1.54, 1.807) is 0 Å². The van der Waals surface area contributed by atoms with Crippen molar-refractivity contribution >= 4 is 12.0 Å². The monoisotopic (exact) mass is 177 g/mol. The van der Waals surface area contributed by atoms with E-state index in [2.05, 4.69) is 5.32 Å². The van der Waals surface area contributed by atoms with E-state index >= 15 is 0 Å². The predicted octanol–water partition coefficient (Wildman–Crippen LogP) is -1.15. The van der Waals surface area contributed by atoms with Crippen molar-refractivity contribution in [1.82, 2.24) is 5.32 Å². The molecule has 1 atom stereocenters. The molecule has 0 aliphatic rings. The van der Waals surface area contributed by atoms with Gasteiger partial charge in [-0.25, -0.2) is 4.79 Å². The van der Waals surface area contributed by atoms with Gasteiger partial charge in [-0.1, -0.05) is 0 Å². The molecule has 0 rings (SSSR count). The van der Waals surface area contributed by atoms with Crippen LogP contribution in [0.5, 0.6) is 0 Å². The van der Waals surface area contributed by atoms with E-state index in [0.29, 0.717) is 6.42 Å². The summed E-state index contributed by atoms with van der Waals surface area (Å²) in [5.41, 5.74) is 4.91. The van der Waals surface area contributed by atoms with Crippen molar-refractivity contribution in [2.24, 2.45) is 11.5 Å². The largest absolute Gasteiger partial charge is 0.480 e. The van der Waals surface area contributed by atoms with Gasteiger partial charge in [-0.3, -0.25) is 4.79 Å². The molecule has 0 saturated carbocycles. The number of nitrogens with two attached hydrogens (primary N) is 2. The Morgan fingerprint density at radius 1 is 1.67 bits per heavy atom. The number of primary amides is 1. The highest BCUT2D eigenvalue weighted by Crippen LogP contribution is 1.92. The zero-order chi connectivity index (χ0) is 11.1. The highest BCUT2D eigenvalue weighted by atomic mass is 16.4. The van der Waals surface area contributed by atoms with E-state index < -0.39 is 18.0 Å². The van der Waals surface area contributed by atoms with Crippen LogP contribution in [0.15, 0.2) is 0 Å². The number of amides is 2. The molecule has 0 unspecified atom stereocenters. The number of carbonyl (C=O) groups excluding carboxylic acids is 1. The molecule has 0 radical (unpaired) electrons. The molecule has 70 valence electrons. The summed E-state index contributed by atoms with van der Waals surface area (Å²) >= 11 is 0. The molecule has 0 bridgehead atoms. The van der Waals surface area contributed by atoms with E-state index in [-0.39, 0.29) is 18.7 Å². The van der Waals surface area contributed by atoms with Crippen LogP contribution in [0.1, 0.15) is 12.8 Å². The third kappa shape index (κ3) is 5.48. The number of urea groups is 1. The first-order valence-corrected chi connectivity index (χ1v) is 3.48. The maximum absolute atomic E-state index is 10.5. The average Bonchev–Trinajstić information content (AvgIpc) is 2.01. The lowest BCUT2D eigenvalue weighted by Crippen LogP contribution is -2.33. The zero-order valence-corrected chi connectivity index (χ0v) is 6.49. The Morgan fingerprint density at radius 3 is 2.75 bits per heavy atom. The van der Waals surface area contributed by atoms with Crippen LogP contribution in [-0.2, 0) is 4.79 Å². The standard InChI is InChI=1S/C6H13N3O3/c7-4(5(10)11)2-1-3-9-6(8)12/h4H,1-3,7H2,(H,10,11)(H3,8,9,12)/t4-/m0/s1/i/hD2. The first-order valence-electron chi connectivity index (χ1n) is 4.37. The number of rotatable bonds is 6.